The molecule has 1 amide bonds. The van der Waals surface area contributed by atoms with E-state index in [1.807, 2.05) is 47.2 Å². The predicted octanol–water partition coefficient (Wildman–Crippen LogP) is 1.54. The molecule has 0 radical (unpaired) electrons. The Balaban J connectivity index is 1.61. The number of amides is 1. The molecule has 2 fully saturated rings. The Hall–Kier alpha value is -2.12. The highest BCUT2D eigenvalue weighted by Gasteiger charge is 2.35. The second-order valence-electron chi connectivity index (χ2n) is 7.73. The van der Waals surface area contributed by atoms with Crippen molar-refractivity contribution >= 4 is 17.6 Å². The molecule has 7 heteroatoms. The molecule has 1 aromatic carbocycles. The SMILES string of the molecule is CN(CC(=O)N1CC[C@H](N2CCOCC2)[C@H](CCC(=O)O)C1)c1ccccc1. The Morgan fingerprint density at radius 2 is 1.89 bits per heavy atom. The first-order valence-corrected chi connectivity index (χ1v) is 10.1. The molecule has 0 aliphatic carbocycles. The lowest BCUT2D eigenvalue weighted by molar-refractivity contribution is -0.138. The molecule has 0 spiro atoms. The van der Waals surface area contributed by atoms with Gasteiger partial charge in [0.2, 0.25) is 5.91 Å². The van der Waals surface area contributed by atoms with Crippen molar-refractivity contribution in [2.75, 3.05) is 57.9 Å². The number of morpholine rings is 1. The predicted molar refractivity (Wildman–Crippen MR) is 107 cm³/mol. The zero-order valence-corrected chi connectivity index (χ0v) is 16.6. The second kappa shape index (κ2) is 9.89. The van der Waals surface area contributed by atoms with Crippen LogP contribution in [-0.2, 0) is 14.3 Å². The van der Waals surface area contributed by atoms with Crippen LogP contribution >= 0.6 is 0 Å². The number of aliphatic carboxylic acids is 1. The van der Waals surface area contributed by atoms with Gasteiger partial charge in [-0.3, -0.25) is 14.5 Å². The third-order valence-electron chi connectivity index (χ3n) is 5.86. The molecule has 2 atom stereocenters. The molecule has 0 aromatic heterocycles. The topological polar surface area (TPSA) is 73.3 Å². The van der Waals surface area contributed by atoms with Gasteiger partial charge in [-0.2, -0.15) is 0 Å². The molecule has 2 aliphatic heterocycles. The number of nitrogens with zero attached hydrogens (tertiary/aromatic N) is 3. The Kier molecular flexibility index (Phi) is 7.28. The first-order chi connectivity index (χ1) is 13.5. The summed E-state index contributed by atoms with van der Waals surface area (Å²) in [6, 6.07) is 10.2. The van der Waals surface area contributed by atoms with Gasteiger partial charge in [-0.25, -0.2) is 0 Å². The summed E-state index contributed by atoms with van der Waals surface area (Å²) in [4.78, 5) is 30.3. The van der Waals surface area contributed by atoms with Gasteiger partial charge in [0.25, 0.3) is 0 Å². The van der Waals surface area contributed by atoms with Crippen molar-refractivity contribution in [1.82, 2.24) is 9.80 Å². The molecule has 28 heavy (non-hydrogen) atoms. The molecule has 1 N–H and O–H groups in total. The van der Waals surface area contributed by atoms with Gasteiger partial charge in [0, 0.05) is 51.4 Å². The molecule has 2 aliphatic rings. The van der Waals surface area contributed by atoms with Crippen LogP contribution in [-0.4, -0.2) is 85.8 Å². The molecular weight excluding hydrogens is 358 g/mol. The lowest BCUT2D eigenvalue weighted by atomic mass is 9.86. The van der Waals surface area contributed by atoms with Crippen LogP contribution in [0.4, 0.5) is 5.69 Å². The first-order valence-electron chi connectivity index (χ1n) is 10.1. The van der Waals surface area contributed by atoms with E-state index in [0.717, 1.165) is 45.0 Å². The summed E-state index contributed by atoms with van der Waals surface area (Å²) in [6.07, 6.45) is 1.65. The van der Waals surface area contributed by atoms with E-state index in [1.54, 1.807) is 0 Å². The third-order valence-corrected chi connectivity index (χ3v) is 5.86. The van der Waals surface area contributed by atoms with Crippen molar-refractivity contribution < 1.29 is 19.4 Å². The maximum Gasteiger partial charge on any atom is 0.303 e. The Morgan fingerprint density at radius 3 is 2.57 bits per heavy atom. The summed E-state index contributed by atoms with van der Waals surface area (Å²) in [5.74, 6) is -0.478. The van der Waals surface area contributed by atoms with Crippen molar-refractivity contribution in [2.24, 2.45) is 5.92 Å². The molecule has 0 bridgehead atoms. The number of carbonyl (C=O) groups excluding carboxylic acids is 1. The van der Waals surface area contributed by atoms with Crippen LogP contribution in [0.15, 0.2) is 30.3 Å². The fraction of sp³-hybridized carbons (Fsp3) is 0.619. The van der Waals surface area contributed by atoms with Gasteiger partial charge in [0.15, 0.2) is 0 Å². The van der Waals surface area contributed by atoms with Crippen molar-refractivity contribution in [3.05, 3.63) is 30.3 Å². The number of carboxylic acids is 1. The summed E-state index contributed by atoms with van der Waals surface area (Å²) in [7, 11) is 1.93. The number of likely N-dealkylation sites (tertiary alicyclic amines) is 1. The monoisotopic (exact) mass is 389 g/mol. The number of anilines is 1. The quantitative estimate of drug-likeness (QED) is 0.763. The third kappa shape index (κ3) is 5.45. The van der Waals surface area contributed by atoms with Crippen molar-refractivity contribution in [1.29, 1.82) is 0 Å². The fourth-order valence-electron chi connectivity index (χ4n) is 4.31. The van der Waals surface area contributed by atoms with E-state index in [2.05, 4.69) is 4.90 Å². The minimum Gasteiger partial charge on any atom is -0.481 e. The normalized spacial score (nSPS) is 23.4. The van der Waals surface area contributed by atoms with Gasteiger partial charge >= 0.3 is 5.97 Å². The summed E-state index contributed by atoms with van der Waals surface area (Å²) in [6.45, 7) is 4.93. The smallest absolute Gasteiger partial charge is 0.303 e. The zero-order valence-electron chi connectivity index (χ0n) is 16.6. The van der Waals surface area contributed by atoms with E-state index in [-0.39, 0.29) is 18.2 Å². The van der Waals surface area contributed by atoms with E-state index in [9.17, 15) is 9.59 Å². The summed E-state index contributed by atoms with van der Waals surface area (Å²) in [5.41, 5.74) is 1.02. The number of piperidine rings is 1. The average molecular weight is 389 g/mol. The molecule has 154 valence electrons. The number of benzene rings is 1. The van der Waals surface area contributed by atoms with E-state index in [4.69, 9.17) is 9.84 Å². The fourth-order valence-corrected chi connectivity index (χ4v) is 4.31. The van der Waals surface area contributed by atoms with Crippen LogP contribution in [0, 0.1) is 5.92 Å². The minimum absolute atomic E-state index is 0.104. The highest BCUT2D eigenvalue weighted by Crippen LogP contribution is 2.27. The molecule has 7 nitrogen and oxygen atoms in total. The van der Waals surface area contributed by atoms with Crippen molar-refractivity contribution in [3.8, 4) is 0 Å². The Bertz CT molecular complexity index is 648. The van der Waals surface area contributed by atoms with Crippen molar-refractivity contribution in [3.63, 3.8) is 0 Å². The number of para-hydroxylation sites is 1. The maximum absolute atomic E-state index is 12.9. The summed E-state index contributed by atoms with van der Waals surface area (Å²) >= 11 is 0. The van der Waals surface area contributed by atoms with Crippen LogP contribution in [0.3, 0.4) is 0 Å². The number of rotatable bonds is 7. The molecule has 0 saturated carbocycles. The molecule has 2 heterocycles. The molecule has 1 aromatic rings. The summed E-state index contributed by atoms with van der Waals surface area (Å²) in [5, 5.41) is 9.14. The van der Waals surface area contributed by atoms with Crippen LogP contribution in [0.5, 0.6) is 0 Å². The highest BCUT2D eigenvalue weighted by molar-refractivity contribution is 5.81. The number of likely N-dealkylation sites (N-methyl/N-ethyl adjacent to an activating group) is 1. The number of hydrogen-bond donors (Lipinski definition) is 1. The number of ether oxygens (including phenoxy) is 1. The Labute approximate surface area is 166 Å². The lowest BCUT2D eigenvalue weighted by Crippen LogP contribution is -2.56. The van der Waals surface area contributed by atoms with E-state index >= 15 is 0 Å². The van der Waals surface area contributed by atoms with Crippen LogP contribution < -0.4 is 4.90 Å². The minimum atomic E-state index is -0.770. The first kappa shape index (κ1) is 20.6. The summed E-state index contributed by atoms with van der Waals surface area (Å²) < 4.78 is 5.46. The number of carboxylic acid groups (broad SMARTS) is 1. The average Bonchev–Trinajstić information content (AvgIpc) is 2.73. The van der Waals surface area contributed by atoms with Crippen LogP contribution in [0.1, 0.15) is 19.3 Å². The van der Waals surface area contributed by atoms with Gasteiger partial charge in [0.05, 0.1) is 19.8 Å². The molecular formula is C21H31N3O4. The van der Waals surface area contributed by atoms with Crippen LogP contribution in [0.25, 0.3) is 0 Å². The largest absolute Gasteiger partial charge is 0.481 e. The number of carbonyl (C=O) groups is 2. The van der Waals surface area contributed by atoms with Crippen LogP contribution in [0.2, 0.25) is 0 Å². The van der Waals surface area contributed by atoms with Gasteiger partial charge in [0.1, 0.15) is 0 Å². The van der Waals surface area contributed by atoms with E-state index in [0.29, 0.717) is 25.6 Å². The number of hydrogen-bond acceptors (Lipinski definition) is 5. The molecule has 0 unspecified atom stereocenters. The zero-order chi connectivity index (χ0) is 19.9. The highest BCUT2D eigenvalue weighted by atomic mass is 16.5. The van der Waals surface area contributed by atoms with Gasteiger partial charge in [-0.1, -0.05) is 18.2 Å². The Morgan fingerprint density at radius 1 is 1.18 bits per heavy atom. The molecule has 3 rings (SSSR count). The van der Waals surface area contributed by atoms with Gasteiger partial charge < -0.3 is 19.6 Å². The molecule has 2 saturated heterocycles. The van der Waals surface area contributed by atoms with Gasteiger partial charge in [-0.15, -0.1) is 0 Å². The maximum atomic E-state index is 12.9. The second-order valence-corrected chi connectivity index (χ2v) is 7.73. The van der Waals surface area contributed by atoms with E-state index in [1.165, 1.54) is 0 Å². The lowest BCUT2D eigenvalue weighted by Gasteiger charge is -2.45. The standard InChI is InChI=1S/C21H31N3O4/c1-22(18-5-3-2-4-6-18)16-20(25)24-10-9-19(23-11-13-28-14-12-23)17(15-24)7-8-21(26)27/h2-6,17,19H,7-16H2,1H3,(H,26,27)/t17-,19+/m1/s1. The van der Waals surface area contributed by atoms with E-state index < -0.39 is 5.97 Å². The van der Waals surface area contributed by atoms with Gasteiger partial charge in [-0.05, 0) is 30.9 Å². The van der Waals surface area contributed by atoms with Crippen molar-refractivity contribution in [2.45, 2.75) is 25.3 Å².